The Morgan fingerprint density at radius 3 is 2.65 bits per heavy atom. The van der Waals surface area contributed by atoms with E-state index in [9.17, 15) is 4.79 Å². The molecule has 1 heterocycles. The lowest BCUT2D eigenvalue weighted by Crippen LogP contribution is -2.06. The van der Waals surface area contributed by atoms with Gasteiger partial charge in [0.25, 0.3) is 0 Å². The average molecular weight is 288 g/mol. The molecule has 0 spiro atoms. The molecule has 0 bridgehead atoms. The van der Waals surface area contributed by atoms with Gasteiger partial charge in [0, 0.05) is 6.04 Å². The van der Waals surface area contributed by atoms with E-state index in [0.29, 0.717) is 5.02 Å². The van der Waals surface area contributed by atoms with Crippen molar-refractivity contribution in [3.05, 3.63) is 63.5 Å². The van der Waals surface area contributed by atoms with Gasteiger partial charge < -0.3 is 15.3 Å². The highest BCUT2D eigenvalue weighted by Gasteiger charge is 2.09. The van der Waals surface area contributed by atoms with Gasteiger partial charge >= 0.3 is 5.69 Å². The fourth-order valence-electron chi connectivity index (χ4n) is 2.21. The zero-order valence-corrected chi connectivity index (χ0v) is 11.7. The molecule has 4 nitrogen and oxygen atoms in total. The van der Waals surface area contributed by atoms with Crippen LogP contribution in [-0.2, 0) is 0 Å². The zero-order chi connectivity index (χ0) is 14.1. The highest BCUT2D eigenvalue weighted by atomic mass is 35.5. The molecular formula is C15H14ClN3O. The molecule has 5 heteroatoms. The van der Waals surface area contributed by atoms with Crippen LogP contribution < -0.4 is 11.0 Å². The zero-order valence-electron chi connectivity index (χ0n) is 10.9. The number of rotatable bonds is 3. The molecule has 0 saturated carbocycles. The van der Waals surface area contributed by atoms with Gasteiger partial charge in [0.1, 0.15) is 0 Å². The van der Waals surface area contributed by atoms with E-state index in [1.165, 1.54) is 0 Å². The molecule has 1 atom stereocenters. The smallest absolute Gasteiger partial charge is 0.323 e. The van der Waals surface area contributed by atoms with Gasteiger partial charge in [-0.15, -0.1) is 0 Å². The maximum Gasteiger partial charge on any atom is 0.323 e. The Morgan fingerprint density at radius 1 is 1.10 bits per heavy atom. The Kier molecular flexibility index (Phi) is 3.24. The summed E-state index contributed by atoms with van der Waals surface area (Å²) in [5.41, 5.74) is 3.39. The molecule has 1 aromatic heterocycles. The third-order valence-electron chi connectivity index (χ3n) is 3.29. The molecule has 0 aliphatic carbocycles. The summed E-state index contributed by atoms with van der Waals surface area (Å²) in [7, 11) is 0. The topological polar surface area (TPSA) is 60.7 Å². The molecular weight excluding hydrogens is 274 g/mol. The molecule has 0 radical (unpaired) electrons. The number of para-hydroxylation sites is 1. The van der Waals surface area contributed by atoms with E-state index in [-0.39, 0.29) is 11.7 Å². The maximum atomic E-state index is 11.3. The van der Waals surface area contributed by atoms with E-state index >= 15 is 0 Å². The lowest BCUT2D eigenvalue weighted by Gasteiger charge is -2.16. The largest absolute Gasteiger partial charge is 0.377 e. The molecule has 3 aromatic rings. The number of aromatic nitrogens is 2. The van der Waals surface area contributed by atoms with Gasteiger partial charge in [-0.1, -0.05) is 29.8 Å². The summed E-state index contributed by atoms with van der Waals surface area (Å²) in [6.45, 7) is 2.05. The van der Waals surface area contributed by atoms with Gasteiger partial charge in [-0.3, -0.25) is 0 Å². The number of H-pyrrole nitrogens is 2. The predicted octanol–water partition coefficient (Wildman–Crippen LogP) is 3.68. The monoisotopic (exact) mass is 287 g/mol. The minimum Gasteiger partial charge on any atom is -0.377 e. The van der Waals surface area contributed by atoms with Crippen molar-refractivity contribution in [3.8, 4) is 0 Å². The molecule has 20 heavy (non-hydrogen) atoms. The molecule has 3 N–H and O–H groups in total. The number of anilines is 1. The van der Waals surface area contributed by atoms with Crippen molar-refractivity contribution >= 4 is 28.3 Å². The molecule has 0 saturated heterocycles. The quantitative estimate of drug-likeness (QED) is 0.688. The van der Waals surface area contributed by atoms with Crippen LogP contribution in [0.15, 0.2) is 47.3 Å². The third kappa shape index (κ3) is 2.42. The lowest BCUT2D eigenvalue weighted by atomic mass is 10.1. The average Bonchev–Trinajstić information content (AvgIpc) is 2.80. The van der Waals surface area contributed by atoms with E-state index < -0.39 is 0 Å². The van der Waals surface area contributed by atoms with Crippen molar-refractivity contribution in [2.24, 2.45) is 0 Å². The van der Waals surface area contributed by atoms with Crippen LogP contribution in [0.3, 0.4) is 0 Å². The Morgan fingerprint density at radius 2 is 1.85 bits per heavy atom. The van der Waals surface area contributed by atoms with Crippen molar-refractivity contribution in [3.63, 3.8) is 0 Å². The van der Waals surface area contributed by atoms with Gasteiger partial charge in [0.15, 0.2) is 0 Å². The Hall–Kier alpha value is -2.20. The van der Waals surface area contributed by atoms with Gasteiger partial charge in [-0.05, 0) is 36.8 Å². The summed E-state index contributed by atoms with van der Waals surface area (Å²) in [5, 5.41) is 4.05. The van der Waals surface area contributed by atoms with Crippen molar-refractivity contribution in [1.29, 1.82) is 0 Å². The van der Waals surface area contributed by atoms with Crippen molar-refractivity contribution < 1.29 is 0 Å². The molecule has 102 valence electrons. The van der Waals surface area contributed by atoms with Crippen LogP contribution in [0.25, 0.3) is 11.0 Å². The minimum absolute atomic E-state index is 0.0812. The van der Waals surface area contributed by atoms with E-state index in [2.05, 4.69) is 22.2 Å². The number of imidazole rings is 1. The first-order valence-corrected chi connectivity index (χ1v) is 6.74. The summed E-state index contributed by atoms with van der Waals surface area (Å²) in [6.07, 6.45) is 0. The SMILES string of the molecule is CC(Nc1ccccc1Cl)c1ccc2[nH]c(=O)[nH]c2c1. The highest BCUT2D eigenvalue weighted by molar-refractivity contribution is 6.33. The molecule has 3 rings (SSSR count). The highest BCUT2D eigenvalue weighted by Crippen LogP contribution is 2.26. The predicted molar refractivity (Wildman–Crippen MR) is 82.4 cm³/mol. The maximum absolute atomic E-state index is 11.3. The van der Waals surface area contributed by atoms with E-state index in [1.54, 1.807) is 0 Å². The Labute approximate surface area is 120 Å². The van der Waals surface area contributed by atoms with Crippen LogP contribution in [0, 0.1) is 0 Å². The summed E-state index contributed by atoms with van der Waals surface area (Å²) in [5.74, 6) is 0. The van der Waals surface area contributed by atoms with Gasteiger partial charge in [0.05, 0.1) is 21.7 Å². The molecule has 0 aliphatic heterocycles. The second-order valence-electron chi connectivity index (χ2n) is 4.73. The van der Waals surface area contributed by atoms with Crippen LogP contribution >= 0.6 is 11.6 Å². The van der Waals surface area contributed by atoms with Gasteiger partial charge in [0.2, 0.25) is 0 Å². The number of halogens is 1. The summed E-state index contributed by atoms with van der Waals surface area (Å²) in [6, 6.07) is 13.6. The number of aromatic amines is 2. The van der Waals surface area contributed by atoms with Crippen molar-refractivity contribution in [2.75, 3.05) is 5.32 Å². The number of fused-ring (bicyclic) bond motifs is 1. The summed E-state index contributed by atoms with van der Waals surface area (Å²) < 4.78 is 0. The second-order valence-corrected chi connectivity index (χ2v) is 5.14. The molecule has 0 aliphatic rings. The molecule has 0 fully saturated rings. The molecule has 2 aromatic carbocycles. The van der Waals surface area contributed by atoms with Crippen LogP contribution in [0.4, 0.5) is 5.69 Å². The normalized spacial score (nSPS) is 12.5. The van der Waals surface area contributed by atoms with E-state index in [0.717, 1.165) is 22.3 Å². The number of benzene rings is 2. The standard InChI is InChI=1S/C15H14ClN3O/c1-9(17-12-5-3-2-4-11(12)16)10-6-7-13-14(8-10)19-15(20)18-13/h2-9,17H,1H3,(H2,18,19,20). The van der Waals surface area contributed by atoms with Gasteiger partial charge in [-0.25, -0.2) is 4.79 Å². The lowest BCUT2D eigenvalue weighted by molar-refractivity contribution is 0.886. The summed E-state index contributed by atoms with van der Waals surface area (Å²) in [4.78, 5) is 16.8. The second kappa shape index (κ2) is 5.06. The first-order valence-electron chi connectivity index (χ1n) is 6.36. The summed E-state index contributed by atoms with van der Waals surface area (Å²) >= 11 is 6.14. The van der Waals surface area contributed by atoms with E-state index in [1.807, 2.05) is 42.5 Å². The Bertz CT molecular complexity index is 806. The van der Waals surface area contributed by atoms with Crippen molar-refractivity contribution in [1.82, 2.24) is 9.97 Å². The number of nitrogens with one attached hydrogen (secondary N) is 3. The molecule has 1 unspecified atom stereocenters. The minimum atomic E-state index is -0.191. The fourth-order valence-corrected chi connectivity index (χ4v) is 2.40. The van der Waals surface area contributed by atoms with Crippen LogP contribution in [0.2, 0.25) is 5.02 Å². The first-order chi connectivity index (χ1) is 9.63. The Balaban J connectivity index is 1.90. The van der Waals surface area contributed by atoms with E-state index in [4.69, 9.17) is 11.6 Å². The van der Waals surface area contributed by atoms with Crippen LogP contribution in [0.1, 0.15) is 18.5 Å². The van der Waals surface area contributed by atoms with Crippen LogP contribution in [-0.4, -0.2) is 9.97 Å². The van der Waals surface area contributed by atoms with Gasteiger partial charge in [-0.2, -0.15) is 0 Å². The molecule has 0 amide bonds. The van der Waals surface area contributed by atoms with Crippen LogP contribution in [0.5, 0.6) is 0 Å². The number of hydrogen-bond acceptors (Lipinski definition) is 2. The third-order valence-corrected chi connectivity index (χ3v) is 3.62. The number of hydrogen-bond donors (Lipinski definition) is 3. The first kappa shape index (κ1) is 12.8. The fraction of sp³-hybridized carbons (Fsp3) is 0.133. The van der Waals surface area contributed by atoms with Crippen molar-refractivity contribution in [2.45, 2.75) is 13.0 Å².